The molecule has 0 saturated heterocycles. The van der Waals surface area contributed by atoms with Gasteiger partial charge < -0.3 is 19.2 Å². The molecule has 0 saturated carbocycles. The molecule has 2 N–H and O–H groups in total. The van der Waals surface area contributed by atoms with Crippen LogP contribution in [0, 0.1) is 0 Å². The van der Waals surface area contributed by atoms with E-state index in [-0.39, 0.29) is 40.6 Å². The number of nitrogens with one attached hydrogen (secondary N) is 2. The van der Waals surface area contributed by atoms with E-state index in [4.69, 9.17) is 20.9 Å². The summed E-state index contributed by atoms with van der Waals surface area (Å²) in [5.74, 6) is 0.285. The molecule has 0 aliphatic heterocycles. The van der Waals surface area contributed by atoms with Crippen LogP contribution in [0.3, 0.4) is 0 Å². The summed E-state index contributed by atoms with van der Waals surface area (Å²) in [5.41, 5.74) is 1.91. The summed E-state index contributed by atoms with van der Waals surface area (Å²) in [5, 5.41) is 3.87. The number of aromatic amines is 2. The maximum atomic E-state index is 12.7. The topological polar surface area (TPSA) is 96.8 Å². The van der Waals surface area contributed by atoms with E-state index in [9.17, 15) is 18.0 Å². The minimum Gasteiger partial charge on any atom is -0.480 e. The summed E-state index contributed by atoms with van der Waals surface area (Å²) in [6.45, 7) is 0.892. The fraction of sp³-hybridized carbons (Fsp3) is 0.167. The normalized spacial score (nSPS) is 12.6. The zero-order chi connectivity index (χ0) is 20.8. The number of halogens is 5. The fourth-order valence-electron chi connectivity index (χ4n) is 2.62. The molecule has 2 aromatic heterocycles. The van der Waals surface area contributed by atoms with E-state index >= 15 is 0 Å². The molecule has 0 radical (unpaired) electrons. The Labute approximate surface area is 177 Å². The highest BCUT2D eigenvalue weighted by atomic mass is 35.5. The van der Waals surface area contributed by atoms with Crippen molar-refractivity contribution < 1.29 is 22.4 Å². The lowest BCUT2D eigenvalue weighted by molar-refractivity contribution is -0.189. The third-order valence-corrected chi connectivity index (χ3v) is 4.44. The number of alkyl halides is 3. The summed E-state index contributed by atoms with van der Waals surface area (Å²) in [6, 6.07) is 9.25. The van der Waals surface area contributed by atoms with Gasteiger partial charge in [-0.3, -0.25) is 0 Å². The number of aromatic nitrogens is 4. The Morgan fingerprint density at radius 1 is 1.10 bits per heavy atom. The highest BCUT2D eigenvalue weighted by Gasteiger charge is 2.38. The van der Waals surface area contributed by atoms with E-state index in [2.05, 4.69) is 20.1 Å². The number of imidazole rings is 1. The highest BCUT2D eigenvalue weighted by Crippen LogP contribution is 2.33. The van der Waals surface area contributed by atoms with Crippen molar-refractivity contribution in [1.29, 1.82) is 0 Å². The first-order valence-corrected chi connectivity index (χ1v) is 8.68. The average Bonchev–Trinajstić information content (AvgIpc) is 3.27. The predicted molar refractivity (Wildman–Crippen MR) is 106 cm³/mol. The van der Waals surface area contributed by atoms with Gasteiger partial charge in [0.2, 0.25) is 5.82 Å². The zero-order valence-electron chi connectivity index (χ0n) is 15.1. The van der Waals surface area contributed by atoms with Gasteiger partial charge in [-0.15, -0.1) is 12.4 Å². The van der Waals surface area contributed by atoms with Crippen LogP contribution in [0.25, 0.3) is 33.9 Å². The predicted octanol–water partition coefficient (Wildman–Crippen LogP) is 4.98. The smallest absolute Gasteiger partial charge is 0.425 e. The monoisotopic (exact) mass is 460 g/mol. The van der Waals surface area contributed by atoms with Crippen molar-refractivity contribution in [1.82, 2.24) is 20.1 Å². The van der Waals surface area contributed by atoms with Crippen molar-refractivity contribution in [2.24, 2.45) is 0 Å². The van der Waals surface area contributed by atoms with Crippen LogP contribution in [-0.2, 0) is 0 Å². The average molecular weight is 461 g/mol. The lowest BCUT2D eigenvalue weighted by atomic mass is 10.2. The molecule has 2 aromatic carbocycles. The first-order valence-electron chi connectivity index (χ1n) is 8.30. The number of fused-ring (bicyclic) bond motifs is 1. The van der Waals surface area contributed by atoms with Gasteiger partial charge in [0.15, 0.2) is 6.10 Å². The molecular formula is C18H13Cl2F3N4O3. The molecule has 7 nitrogen and oxygen atoms in total. The van der Waals surface area contributed by atoms with Gasteiger partial charge in [0.1, 0.15) is 5.75 Å². The third kappa shape index (κ3) is 4.29. The van der Waals surface area contributed by atoms with E-state index in [0.717, 1.165) is 6.92 Å². The largest absolute Gasteiger partial charge is 0.480 e. The molecule has 12 heteroatoms. The van der Waals surface area contributed by atoms with Crippen molar-refractivity contribution in [2.75, 3.05) is 0 Å². The first kappa shape index (κ1) is 21.7. The van der Waals surface area contributed by atoms with Crippen LogP contribution in [0.1, 0.15) is 6.92 Å². The molecule has 4 aromatic rings. The van der Waals surface area contributed by atoms with Gasteiger partial charge in [-0.05, 0) is 43.3 Å². The van der Waals surface area contributed by atoms with Crippen LogP contribution in [-0.4, -0.2) is 32.4 Å². The molecule has 0 spiro atoms. The molecule has 0 amide bonds. The second-order valence-electron chi connectivity index (χ2n) is 6.21. The Morgan fingerprint density at radius 2 is 1.80 bits per heavy atom. The Morgan fingerprint density at radius 3 is 2.50 bits per heavy atom. The number of ether oxygens (including phenoxy) is 1. The molecule has 0 fully saturated rings. The number of hydrogen-bond donors (Lipinski definition) is 2. The molecule has 0 bridgehead atoms. The van der Waals surface area contributed by atoms with Gasteiger partial charge in [0.25, 0.3) is 5.89 Å². The van der Waals surface area contributed by atoms with Gasteiger partial charge in [-0.25, -0.2) is 4.79 Å². The minimum atomic E-state index is -4.51. The summed E-state index contributed by atoms with van der Waals surface area (Å²) in [6.07, 6.45) is -6.51. The summed E-state index contributed by atoms with van der Waals surface area (Å²) < 4.78 is 48.0. The first-order chi connectivity index (χ1) is 13.7. The van der Waals surface area contributed by atoms with E-state index in [1.807, 2.05) is 0 Å². The lowest BCUT2D eigenvalue weighted by Gasteiger charge is -2.18. The lowest BCUT2D eigenvalue weighted by Crippen LogP contribution is -2.31. The van der Waals surface area contributed by atoms with Crippen molar-refractivity contribution >= 4 is 35.0 Å². The second kappa shape index (κ2) is 8.04. The van der Waals surface area contributed by atoms with Crippen molar-refractivity contribution in [3.05, 3.63) is 51.9 Å². The number of hydrogen-bond acceptors (Lipinski definition) is 5. The van der Waals surface area contributed by atoms with Crippen LogP contribution >= 0.6 is 24.0 Å². The van der Waals surface area contributed by atoms with Crippen LogP contribution in [0.5, 0.6) is 5.75 Å². The number of nitrogens with zero attached hydrogens (tertiary/aromatic N) is 2. The van der Waals surface area contributed by atoms with Gasteiger partial charge in [0.05, 0.1) is 16.1 Å². The molecular weight excluding hydrogens is 448 g/mol. The summed E-state index contributed by atoms with van der Waals surface area (Å²) in [4.78, 5) is 20.9. The molecule has 158 valence electrons. The molecule has 4 rings (SSSR count). The van der Waals surface area contributed by atoms with Crippen LogP contribution in [0.2, 0.25) is 5.02 Å². The van der Waals surface area contributed by atoms with Crippen molar-refractivity contribution in [3.8, 4) is 28.6 Å². The third-order valence-electron chi connectivity index (χ3n) is 4.14. The SMILES string of the molecule is CC(Oc1ccc(-c2nc(-c3ccc4[nH]c(=O)[nH]c4c3)no2)cc1Cl)C(F)(F)F.Cl. The molecule has 30 heavy (non-hydrogen) atoms. The van der Waals surface area contributed by atoms with Gasteiger partial charge in [-0.2, -0.15) is 18.2 Å². The molecule has 0 aliphatic carbocycles. The quantitative estimate of drug-likeness (QED) is 0.447. The molecule has 0 aliphatic rings. The van der Waals surface area contributed by atoms with Crippen molar-refractivity contribution in [2.45, 2.75) is 19.2 Å². The zero-order valence-corrected chi connectivity index (χ0v) is 16.7. The maximum absolute atomic E-state index is 12.7. The van der Waals surface area contributed by atoms with Gasteiger partial charge >= 0.3 is 11.9 Å². The fourth-order valence-corrected chi connectivity index (χ4v) is 2.84. The van der Waals surface area contributed by atoms with Crippen LogP contribution in [0.15, 0.2) is 45.7 Å². The van der Waals surface area contributed by atoms with Crippen LogP contribution in [0.4, 0.5) is 13.2 Å². The Balaban J connectivity index is 0.00000256. The Bertz CT molecular complexity index is 1250. The van der Waals surface area contributed by atoms with Crippen LogP contribution < -0.4 is 10.4 Å². The van der Waals surface area contributed by atoms with Crippen molar-refractivity contribution in [3.63, 3.8) is 0 Å². The standard InChI is InChI=1S/C18H12ClF3N4O3.ClH/c1-8(18(20,21)22)28-14-5-3-10(6-11(14)19)16-25-15(26-29-16)9-2-4-12-13(7-9)24-17(27)23-12;/h2-8H,1H3,(H2,23,24,27);1H. The van der Waals surface area contributed by atoms with E-state index in [1.165, 1.54) is 18.2 Å². The summed E-state index contributed by atoms with van der Waals surface area (Å²) >= 11 is 6.05. The summed E-state index contributed by atoms with van der Waals surface area (Å²) in [7, 11) is 0. The van der Waals surface area contributed by atoms with Gasteiger partial charge in [-0.1, -0.05) is 16.8 Å². The minimum absolute atomic E-state index is 0. The molecule has 1 unspecified atom stereocenters. The second-order valence-corrected chi connectivity index (χ2v) is 6.62. The number of H-pyrrole nitrogens is 2. The number of rotatable bonds is 4. The molecule has 1 atom stereocenters. The Hall–Kier alpha value is -2.98. The Kier molecular flexibility index (Phi) is 5.82. The van der Waals surface area contributed by atoms with E-state index in [0.29, 0.717) is 22.2 Å². The highest BCUT2D eigenvalue weighted by molar-refractivity contribution is 6.32. The molecule has 2 heterocycles. The van der Waals surface area contributed by atoms with E-state index in [1.54, 1.807) is 18.2 Å². The maximum Gasteiger partial charge on any atom is 0.425 e. The van der Waals surface area contributed by atoms with Gasteiger partial charge in [0, 0.05) is 11.1 Å². The number of benzene rings is 2. The van der Waals surface area contributed by atoms with E-state index < -0.39 is 12.3 Å².